The second-order valence-electron chi connectivity index (χ2n) is 3.66. The fourth-order valence-electron chi connectivity index (χ4n) is 0.677. The van der Waals surface area contributed by atoms with Gasteiger partial charge in [-0.05, 0) is 6.92 Å². The van der Waals surface area contributed by atoms with Gasteiger partial charge in [0, 0.05) is 0 Å². The van der Waals surface area contributed by atoms with Gasteiger partial charge in [0.25, 0.3) is 0 Å². The van der Waals surface area contributed by atoms with Crippen LogP contribution < -0.4 is 5.73 Å². The summed E-state index contributed by atoms with van der Waals surface area (Å²) in [4.78, 5) is 16.6. The highest BCUT2D eigenvalue weighted by Gasteiger charge is 2.48. The van der Waals surface area contributed by atoms with Crippen LogP contribution in [0.15, 0.2) is 0 Å². The van der Waals surface area contributed by atoms with Crippen molar-refractivity contribution in [3.8, 4) is 0 Å². The normalized spacial score (nSPS) is 24.7. The number of epoxide rings is 1. The molecule has 98 valence electrons. The van der Waals surface area contributed by atoms with E-state index in [1.165, 1.54) is 0 Å². The van der Waals surface area contributed by atoms with E-state index in [0.717, 1.165) is 0 Å². The minimum Gasteiger partial charge on any atom is -0.394 e. The van der Waals surface area contributed by atoms with Gasteiger partial charge in [-0.2, -0.15) is 0 Å². The molecule has 8 nitrogen and oxygen atoms in total. The maximum Gasteiger partial charge on any atom is 0.356 e. The number of aliphatic hydroxyl groups is 3. The van der Waals surface area contributed by atoms with Gasteiger partial charge in [0.15, 0.2) is 5.85 Å². The summed E-state index contributed by atoms with van der Waals surface area (Å²) < 4.78 is 14.7. The lowest BCUT2D eigenvalue weighted by Crippen LogP contribution is -2.50. The Labute approximate surface area is 92.8 Å². The number of aliphatic hydroxyl groups excluding tert-OH is 3. The van der Waals surface area contributed by atoms with Gasteiger partial charge in [-0.15, -0.1) is 0 Å². The molecule has 0 unspecified atom stereocenters. The Balaban J connectivity index is 0.000000281. The number of rotatable bonds is 4. The smallest absolute Gasteiger partial charge is 0.356 e. The van der Waals surface area contributed by atoms with E-state index in [1.54, 1.807) is 6.92 Å². The van der Waals surface area contributed by atoms with Gasteiger partial charge in [-0.25, -0.2) is 0 Å². The first-order chi connectivity index (χ1) is 7.20. The number of ether oxygens (including phenoxy) is 1. The Kier molecular flexibility index (Phi) is 6.02. The molecule has 0 saturated carbocycles. The second kappa shape index (κ2) is 6.04. The van der Waals surface area contributed by atoms with Crippen molar-refractivity contribution in [1.29, 1.82) is 0 Å². The minimum atomic E-state index is -3.90. The summed E-state index contributed by atoms with van der Waals surface area (Å²) in [6.45, 7) is 0.420. The average molecular weight is 259 g/mol. The summed E-state index contributed by atoms with van der Waals surface area (Å²) in [7, 11) is -3.90. The van der Waals surface area contributed by atoms with Crippen LogP contribution in [0.5, 0.6) is 0 Å². The van der Waals surface area contributed by atoms with E-state index in [0.29, 0.717) is 0 Å². The zero-order chi connectivity index (χ0) is 13.0. The minimum absolute atomic E-state index is 0.254. The summed E-state index contributed by atoms with van der Waals surface area (Å²) in [6.07, 6.45) is -0.254. The third-order valence-corrected chi connectivity index (χ3v) is 3.16. The first-order valence-corrected chi connectivity index (χ1v) is 6.20. The van der Waals surface area contributed by atoms with Crippen LogP contribution >= 0.6 is 7.60 Å². The molecule has 2 atom stereocenters. The van der Waals surface area contributed by atoms with E-state index in [1.807, 2.05) is 0 Å². The summed E-state index contributed by atoms with van der Waals surface area (Å²) in [5.41, 5.74) is 3.94. The van der Waals surface area contributed by atoms with Crippen LogP contribution in [0.3, 0.4) is 0 Å². The quantitative estimate of drug-likeness (QED) is 0.240. The van der Waals surface area contributed by atoms with Crippen molar-refractivity contribution in [2.24, 2.45) is 5.73 Å². The lowest BCUT2D eigenvalue weighted by molar-refractivity contribution is 0.0697. The molecule has 16 heavy (non-hydrogen) atoms. The summed E-state index contributed by atoms with van der Waals surface area (Å²) in [6, 6.07) is 0. The Morgan fingerprint density at radius 2 is 1.56 bits per heavy atom. The summed E-state index contributed by atoms with van der Waals surface area (Å²) in [5, 5.41) is 25.0. The molecule has 1 aliphatic heterocycles. The Bertz CT molecular complexity index is 243. The molecule has 0 amide bonds. The molecule has 7 N–H and O–H groups in total. The Morgan fingerprint density at radius 3 is 1.56 bits per heavy atom. The van der Waals surface area contributed by atoms with Crippen molar-refractivity contribution in [3.05, 3.63) is 0 Å². The molecule has 1 fully saturated rings. The molecule has 1 aliphatic rings. The fraction of sp³-hybridized carbons (Fsp3) is 1.00. The molecular weight excluding hydrogens is 241 g/mol. The SMILES string of the molecule is C[C@@H]1O[C@H]1P(=O)(O)O.NC(CO)(CO)CO. The largest absolute Gasteiger partial charge is 0.394 e. The monoisotopic (exact) mass is 259 g/mol. The van der Waals surface area contributed by atoms with Crippen LogP contribution in [0.4, 0.5) is 0 Å². The first kappa shape index (κ1) is 16.0. The summed E-state index contributed by atoms with van der Waals surface area (Å²) in [5.74, 6) is -0.817. The van der Waals surface area contributed by atoms with Crippen LogP contribution in [0, 0.1) is 0 Å². The third-order valence-electron chi connectivity index (χ3n) is 1.96. The summed E-state index contributed by atoms with van der Waals surface area (Å²) >= 11 is 0. The van der Waals surface area contributed by atoms with Crippen LogP contribution in [-0.2, 0) is 9.30 Å². The second-order valence-corrected chi connectivity index (χ2v) is 5.34. The molecular formula is C7H18NO7P. The Hall–Kier alpha value is -0.0500. The lowest BCUT2D eigenvalue weighted by Gasteiger charge is -2.20. The van der Waals surface area contributed by atoms with Crippen molar-refractivity contribution in [1.82, 2.24) is 0 Å². The van der Waals surface area contributed by atoms with Crippen molar-refractivity contribution in [2.45, 2.75) is 24.4 Å². The van der Waals surface area contributed by atoms with Gasteiger partial charge < -0.3 is 35.6 Å². The number of hydrogen-bond acceptors (Lipinski definition) is 6. The van der Waals surface area contributed by atoms with E-state index in [4.69, 9.17) is 30.8 Å². The molecule has 1 saturated heterocycles. The maximum absolute atomic E-state index is 10.2. The van der Waals surface area contributed by atoms with E-state index in [9.17, 15) is 4.57 Å². The average Bonchev–Trinajstić information content (AvgIpc) is 2.95. The van der Waals surface area contributed by atoms with Gasteiger partial charge in [-0.1, -0.05) is 0 Å². The predicted molar refractivity (Wildman–Crippen MR) is 54.6 cm³/mol. The van der Waals surface area contributed by atoms with E-state index >= 15 is 0 Å². The number of nitrogens with two attached hydrogens (primary N) is 1. The van der Waals surface area contributed by atoms with Gasteiger partial charge in [0.2, 0.25) is 0 Å². The highest BCUT2D eigenvalue weighted by atomic mass is 31.2. The van der Waals surface area contributed by atoms with Crippen LogP contribution in [0.2, 0.25) is 0 Å². The molecule has 9 heteroatoms. The van der Waals surface area contributed by atoms with Gasteiger partial charge >= 0.3 is 7.60 Å². The molecule has 1 rings (SSSR count). The fourth-order valence-corrected chi connectivity index (χ4v) is 1.57. The van der Waals surface area contributed by atoms with Crippen molar-refractivity contribution in [2.75, 3.05) is 19.8 Å². The highest BCUT2D eigenvalue weighted by Crippen LogP contribution is 2.52. The van der Waals surface area contributed by atoms with Crippen LogP contribution in [-0.4, -0.2) is 62.4 Å². The van der Waals surface area contributed by atoms with E-state index in [-0.39, 0.29) is 6.10 Å². The molecule has 0 aromatic heterocycles. The van der Waals surface area contributed by atoms with Crippen molar-refractivity contribution >= 4 is 7.60 Å². The third kappa shape index (κ3) is 5.33. The Morgan fingerprint density at radius 1 is 1.25 bits per heavy atom. The van der Waals surface area contributed by atoms with Gasteiger partial charge in [0.05, 0.1) is 31.5 Å². The molecule has 0 aromatic rings. The molecule has 1 heterocycles. The highest BCUT2D eigenvalue weighted by molar-refractivity contribution is 7.52. The first-order valence-electron chi connectivity index (χ1n) is 4.52. The van der Waals surface area contributed by atoms with E-state index in [2.05, 4.69) is 4.74 Å². The zero-order valence-electron chi connectivity index (χ0n) is 8.85. The number of hydrogen-bond donors (Lipinski definition) is 6. The van der Waals surface area contributed by atoms with Gasteiger partial charge in [-0.3, -0.25) is 4.57 Å². The van der Waals surface area contributed by atoms with Crippen LogP contribution in [0.1, 0.15) is 6.92 Å². The molecule has 0 bridgehead atoms. The van der Waals surface area contributed by atoms with E-state index < -0.39 is 38.8 Å². The molecule has 0 aromatic carbocycles. The van der Waals surface area contributed by atoms with Crippen molar-refractivity contribution in [3.63, 3.8) is 0 Å². The predicted octanol–water partition coefficient (Wildman–Crippen LogP) is -2.43. The lowest BCUT2D eigenvalue weighted by atomic mass is 10.1. The molecule has 0 aliphatic carbocycles. The standard InChI is InChI=1S/C4H11NO3.C3H7O4P/c5-4(1-6,2-7)3-8;1-2-3(7-2)8(4,5)6/h6-8H,1-3,5H2;2-3H,1H3,(H2,4,5,6)/t;2-,3-/m.0/s1. The zero-order valence-corrected chi connectivity index (χ0v) is 9.75. The topological polar surface area (TPSA) is 157 Å². The van der Waals surface area contributed by atoms with Crippen molar-refractivity contribution < 1.29 is 34.4 Å². The van der Waals surface area contributed by atoms with Gasteiger partial charge in [0.1, 0.15) is 0 Å². The molecule has 0 spiro atoms. The molecule has 0 radical (unpaired) electrons. The maximum atomic E-state index is 10.2. The van der Waals surface area contributed by atoms with Crippen LogP contribution in [0.25, 0.3) is 0 Å².